The second kappa shape index (κ2) is 15.1. The van der Waals surface area contributed by atoms with Crippen molar-refractivity contribution in [3.8, 4) is 0 Å². The largest absolute Gasteiger partial charge is 0.481 e. The second-order valence-electron chi connectivity index (χ2n) is 5.16. The summed E-state index contributed by atoms with van der Waals surface area (Å²) in [6.45, 7) is 1.57. The Morgan fingerprint density at radius 1 is 1.22 bits per heavy atom. The highest BCUT2D eigenvalue weighted by Crippen LogP contribution is 1.95. The Balaban J connectivity index is 0. The highest BCUT2D eigenvalue weighted by Gasteiger charge is 2.12. The van der Waals surface area contributed by atoms with Gasteiger partial charge in [0.25, 0.3) is 5.97 Å². The van der Waals surface area contributed by atoms with Gasteiger partial charge in [0.05, 0.1) is 12.0 Å². The minimum absolute atomic E-state index is 0.112. The minimum Gasteiger partial charge on any atom is -0.481 e. The van der Waals surface area contributed by atoms with Gasteiger partial charge in [-0.3, -0.25) is 19.8 Å². The van der Waals surface area contributed by atoms with Gasteiger partial charge in [-0.2, -0.15) is 0 Å². The fourth-order valence-corrected chi connectivity index (χ4v) is 1.38. The van der Waals surface area contributed by atoms with Gasteiger partial charge in [0.1, 0.15) is 12.1 Å². The third-order valence-electron chi connectivity index (χ3n) is 2.63. The zero-order valence-electron chi connectivity index (χ0n) is 14.9. The molecule has 0 fully saturated rings. The SMILES string of the molecule is CC(=O)O.N=C(N)NCCCC(N)C(=O)O.NC(Cc1c[nH]cn1)C(=O)O. The highest BCUT2D eigenvalue weighted by molar-refractivity contribution is 5.74. The lowest BCUT2D eigenvalue weighted by atomic mass is 10.2. The quantitative estimate of drug-likeness (QED) is 0.135. The Hall–Kier alpha value is -3.19. The van der Waals surface area contributed by atoms with E-state index in [4.69, 9.17) is 42.7 Å². The van der Waals surface area contributed by atoms with Gasteiger partial charge in [0.15, 0.2) is 5.96 Å². The van der Waals surface area contributed by atoms with Crippen LogP contribution in [0.4, 0.5) is 0 Å². The van der Waals surface area contributed by atoms with Crippen LogP contribution < -0.4 is 22.5 Å². The van der Waals surface area contributed by atoms with E-state index in [0.717, 1.165) is 6.92 Å². The summed E-state index contributed by atoms with van der Waals surface area (Å²) in [5.74, 6) is -2.95. The topological polar surface area (TPSA) is 255 Å². The monoisotopic (exact) mass is 389 g/mol. The van der Waals surface area contributed by atoms with Gasteiger partial charge in [-0.1, -0.05) is 0 Å². The third kappa shape index (κ3) is 19.0. The first kappa shape index (κ1) is 26.0. The molecule has 13 nitrogen and oxygen atoms in total. The van der Waals surface area contributed by atoms with E-state index in [-0.39, 0.29) is 12.4 Å². The number of nitrogens with two attached hydrogens (primary N) is 3. The van der Waals surface area contributed by atoms with Gasteiger partial charge in [-0.25, -0.2) is 4.98 Å². The maximum Gasteiger partial charge on any atom is 0.320 e. The summed E-state index contributed by atoms with van der Waals surface area (Å²) >= 11 is 0. The number of aliphatic carboxylic acids is 3. The van der Waals surface area contributed by atoms with Crippen LogP contribution in [0, 0.1) is 5.41 Å². The Morgan fingerprint density at radius 3 is 2.11 bits per heavy atom. The van der Waals surface area contributed by atoms with E-state index in [0.29, 0.717) is 25.1 Å². The Kier molecular flexibility index (Phi) is 14.6. The maximum atomic E-state index is 10.3. The number of guanidine groups is 1. The molecular weight excluding hydrogens is 362 g/mol. The molecule has 0 amide bonds. The molecule has 13 heteroatoms. The lowest BCUT2D eigenvalue weighted by Gasteiger charge is -2.06. The molecule has 2 atom stereocenters. The van der Waals surface area contributed by atoms with Crippen molar-refractivity contribution >= 4 is 23.9 Å². The first-order chi connectivity index (χ1) is 12.5. The molecule has 0 radical (unpaired) electrons. The molecule has 0 aliphatic rings. The van der Waals surface area contributed by atoms with Crippen LogP contribution in [0.2, 0.25) is 0 Å². The van der Waals surface area contributed by atoms with Crippen molar-refractivity contribution in [2.45, 2.75) is 38.3 Å². The molecule has 1 rings (SSSR count). The summed E-state index contributed by atoms with van der Waals surface area (Å²) < 4.78 is 0. The molecule has 154 valence electrons. The molecule has 1 aromatic rings. The lowest BCUT2D eigenvalue weighted by Crippen LogP contribution is -2.34. The van der Waals surface area contributed by atoms with Crippen molar-refractivity contribution in [2.75, 3.05) is 6.54 Å². The van der Waals surface area contributed by atoms with E-state index >= 15 is 0 Å². The summed E-state index contributed by atoms with van der Waals surface area (Å²) in [6.07, 6.45) is 4.36. The molecule has 27 heavy (non-hydrogen) atoms. The van der Waals surface area contributed by atoms with Crippen molar-refractivity contribution in [1.29, 1.82) is 5.41 Å². The summed E-state index contributed by atoms with van der Waals surface area (Å²) in [5, 5.41) is 33.5. The smallest absolute Gasteiger partial charge is 0.320 e. The number of carbonyl (C=O) groups is 3. The molecule has 0 spiro atoms. The summed E-state index contributed by atoms with van der Waals surface area (Å²) in [4.78, 5) is 36.0. The van der Waals surface area contributed by atoms with Crippen molar-refractivity contribution in [1.82, 2.24) is 15.3 Å². The summed E-state index contributed by atoms with van der Waals surface area (Å²) in [6, 6.07) is -1.68. The zero-order chi connectivity index (χ0) is 21.4. The van der Waals surface area contributed by atoms with Gasteiger partial charge < -0.3 is 42.8 Å². The van der Waals surface area contributed by atoms with Crippen LogP contribution in [0.1, 0.15) is 25.5 Å². The molecule has 0 bridgehead atoms. The van der Waals surface area contributed by atoms with E-state index in [1.807, 2.05) is 0 Å². The number of nitrogens with zero attached hydrogens (tertiary/aromatic N) is 1. The first-order valence-electron chi connectivity index (χ1n) is 7.69. The van der Waals surface area contributed by atoms with E-state index in [2.05, 4.69) is 15.3 Å². The normalized spacial score (nSPS) is 11.5. The number of aromatic nitrogens is 2. The second-order valence-corrected chi connectivity index (χ2v) is 5.16. The van der Waals surface area contributed by atoms with Crippen LogP contribution in [-0.4, -0.2) is 67.8 Å². The number of rotatable bonds is 8. The number of carboxylic acids is 3. The molecular formula is C14H27N7O6. The molecule has 1 aromatic heterocycles. The number of H-pyrrole nitrogens is 1. The average Bonchev–Trinajstić information content (AvgIpc) is 3.04. The predicted octanol–water partition coefficient (Wildman–Crippen LogP) is -1.88. The van der Waals surface area contributed by atoms with Crippen LogP contribution in [0.15, 0.2) is 12.5 Å². The van der Waals surface area contributed by atoms with Crippen molar-refractivity contribution in [3.05, 3.63) is 18.2 Å². The standard InChI is InChI=1S/C6H14N4O2.C6H9N3O2.C2H4O2/c7-4(5(11)12)2-1-3-10-6(8)9;7-5(6(10)11)1-4-2-8-3-9-4;1-2(3)4/h4H,1-3,7H2,(H,11,12)(H4,8,9,10);2-3,5H,1,7H2,(H,8,9)(H,10,11);1H3,(H,3,4). The molecule has 12 N–H and O–H groups in total. The minimum atomic E-state index is -1.01. The fraction of sp³-hybridized carbons (Fsp3) is 0.500. The van der Waals surface area contributed by atoms with E-state index in [1.165, 1.54) is 6.33 Å². The summed E-state index contributed by atoms with van der Waals surface area (Å²) in [5.41, 5.74) is 16.1. The van der Waals surface area contributed by atoms with E-state index in [1.54, 1.807) is 6.20 Å². The maximum absolute atomic E-state index is 10.3. The zero-order valence-corrected chi connectivity index (χ0v) is 14.9. The van der Waals surface area contributed by atoms with Crippen LogP contribution in [0.3, 0.4) is 0 Å². The van der Waals surface area contributed by atoms with E-state index < -0.39 is 30.0 Å². The third-order valence-corrected chi connectivity index (χ3v) is 2.63. The highest BCUT2D eigenvalue weighted by atomic mass is 16.4. The number of hydrogen-bond donors (Lipinski definition) is 9. The molecule has 0 aliphatic heterocycles. The Bertz CT molecular complexity index is 575. The van der Waals surface area contributed by atoms with Crippen molar-refractivity contribution < 1.29 is 29.7 Å². The molecule has 1 heterocycles. The van der Waals surface area contributed by atoms with Crippen molar-refractivity contribution in [2.24, 2.45) is 17.2 Å². The van der Waals surface area contributed by atoms with E-state index in [9.17, 15) is 9.59 Å². The van der Waals surface area contributed by atoms with Crippen LogP contribution >= 0.6 is 0 Å². The number of aromatic amines is 1. The van der Waals surface area contributed by atoms with Crippen LogP contribution in [-0.2, 0) is 20.8 Å². The Morgan fingerprint density at radius 2 is 1.74 bits per heavy atom. The van der Waals surface area contributed by atoms with Crippen LogP contribution in [0.5, 0.6) is 0 Å². The predicted molar refractivity (Wildman–Crippen MR) is 96.0 cm³/mol. The lowest BCUT2D eigenvalue weighted by molar-refractivity contribution is -0.139. The number of hydrogen-bond acceptors (Lipinski definition) is 7. The number of imidazole rings is 1. The van der Waals surface area contributed by atoms with Gasteiger partial charge in [0, 0.05) is 26.1 Å². The molecule has 2 unspecified atom stereocenters. The van der Waals surface area contributed by atoms with Gasteiger partial charge in [-0.05, 0) is 12.8 Å². The average molecular weight is 389 g/mol. The molecule has 0 aliphatic carbocycles. The molecule has 0 aromatic carbocycles. The number of carboxylic acid groups (broad SMARTS) is 3. The Labute approximate surface area is 155 Å². The first-order valence-corrected chi connectivity index (χ1v) is 7.69. The van der Waals surface area contributed by atoms with Gasteiger partial charge in [0.2, 0.25) is 0 Å². The van der Waals surface area contributed by atoms with Gasteiger partial charge >= 0.3 is 11.9 Å². The molecule has 0 saturated heterocycles. The molecule has 0 saturated carbocycles. The number of nitrogens with one attached hydrogen (secondary N) is 3. The fourth-order valence-electron chi connectivity index (χ4n) is 1.38. The van der Waals surface area contributed by atoms with Gasteiger partial charge in [-0.15, -0.1) is 0 Å². The summed E-state index contributed by atoms with van der Waals surface area (Å²) in [7, 11) is 0. The van der Waals surface area contributed by atoms with Crippen molar-refractivity contribution in [3.63, 3.8) is 0 Å². The van der Waals surface area contributed by atoms with Crippen LogP contribution in [0.25, 0.3) is 0 Å².